The zero-order chi connectivity index (χ0) is 19.8. The third kappa shape index (κ3) is 6.07. The van der Waals surface area contributed by atoms with Gasteiger partial charge in [-0.05, 0) is 46.1 Å². The molecule has 0 aliphatic carbocycles. The van der Waals surface area contributed by atoms with E-state index in [0.717, 1.165) is 24.7 Å². The first-order valence-corrected chi connectivity index (χ1v) is 9.64. The molecule has 0 aliphatic heterocycles. The van der Waals surface area contributed by atoms with Gasteiger partial charge >= 0.3 is 6.09 Å². The van der Waals surface area contributed by atoms with Crippen molar-refractivity contribution in [3.05, 3.63) is 34.6 Å². The molecule has 0 radical (unpaired) electrons. The van der Waals surface area contributed by atoms with E-state index in [1.165, 1.54) is 0 Å². The van der Waals surface area contributed by atoms with Crippen LogP contribution in [-0.2, 0) is 16.1 Å². The van der Waals surface area contributed by atoms with Crippen LogP contribution >= 0.6 is 11.8 Å². The minimum Gasteiger partial charge on any atom is -0.450 e. The fourth-order valence-electron chi connectivity index (χ4n) is 2.45. The van der Waals surface area contributed by atoms with Crippen molar-refractivity contribution in [2.24, 2.45) is 0 Å². The van der Waals surface area contributed by atoms with Gasteiger partial charge in [0, 0.05) is 6.54 Å². The maximum Gasteiger partial charge on any atom is 0.413 e. The second-order valence-electron chi connectivity index (χ2n) is 6.08. The van der Waals surface area contributed by atoms with Gasteiger partial charge < -0.3 is 9.64 Å². The van der Waals surface area contributed by atoms with Gasteiger partial charge in [0.25, 0.3) is 5.56 Å². The van der Waals surface area contributed by atoms with Crippen LogP contribution < -0.4 is 10.9 Å². The number of aromatic nitrogens is 2. The summed E-state index contributed by atoms with van der Waals surface area (Å²) in [5.41, 5.74) is 0.451. The summed E-state index contributed by atoms with van der Waals surface area (Å²) < 4.78 is 6.28. The molecule has 0 atom stereocenters. The SMILES string of the molecule is CCOC(=O)NC(=O)CSc1nc2ccccc2c(=O)n1CCCN(C)C. The maximum absolute atomic E-state index is 12.9. The number of nitrogens with one attached hydrogen (secondary N) is 1. The molecule has 1 aromatic carbocycles. The fraction of sp³-hybridized carbons (Fsp3) is 0.444. The van der Waals surface area contributed by atoms with Crippen molar-refractivity contribution >= 4 is 34.7 Å². The molecule has 146 valence electrons. The Morgan fingerprint density at radius 2 is 2.04 bits per heavy atom. The zero-order valence-electron chi connectivity index (χ0n) is 15.7. The number of benzene rings is 1. The average Bonchev–Trinajstić information content (AvgIpc) is 2.62. The standard InChI is InChI=1S/C18H24N4O4S/c1-4-26-18(25)20-15(23)12-27-17-19-14-9-6-5-8-13(14)16(24)22(17)11-7-10-21(2)3/h5-6,8-9H,4,7,10-12H2,1-3H3,(H,20,23,25). The van der Waals surface area contributed by atoms with Crippen LogP contribution in [0.4, 0.5) is 4.79 Å². The quantitative estimate of drug-likeness (QED) is 0.540. The van der Waals surface area contributed by atoms with Gasteiger partial charge in [-0.3, -0.25) is 19.5 Å². The van der Waals surface area contributed by atoms with Crippen molar-refractivity contribution < 1.29 is 14.3 Å². The van der Waals surface area contributed by atoms with E-state index in [2.05, 4.69) is 15.0 Å². The lowest BCUT2D eigenvalue weighted by molar-refractivity contribution is -0.117. The highest BCUT2D eigenvalue weighted by Crippen LogP contribution is 2.18. The van der Waals surface area contributed by atoms with Crippen LogP contribution in [0, 0.1) is 0 Å². The second-order valence-corrected chi connectivity index (χ2v) is 7.02. The van der Waals surface area contributed by atoms with Crippen molar-refractivity contribution in [2.45, 2.75) is 25.0 Å². The molecule has 2 rings (SSSR count). The number of rotatable bonds is 8. The van der Waals surface area contributed by atoms with E-state index >= 15 is 0 Å². The zero-order valence-corrected chi connectivity index (χ0v) is 16.5. The molecule has 1 heterocycles. The van der Waals surface area contributed by atoms with Crippen LogP contribution in [0.25, 0.3) is 10.9 Å². The number of nitrogens with zero attached hydrogens (tertiary/aromatic N) is 3. The van der Waals surface area contributed by atoms with Gasteiger partial charge in [-0.2, -0.15) is 0 Å². The number of hydrogen-bond acceptors (Lipinski definition) is 7. The Hall–Kier alpha value is -2.39. The number of carbonyl (C=O) groups excluding carboxylic acids is 2. The van der Waals surface area contributed by atoms with Gasteiger partial charge in [-0.25, -0.2) is 9.78 Å². The molecule has 0 fully saturated rings. The molecule has 0 saturated heterocycles. The van der Waals surface area contributed by atoms with Gasteiger partial charge in [-0.1, -0.05) is 23.9 Å². The molecule has 2 amide bonds. The van der Waals surface area contributed by atoms with Crippen LogP contribution in [0.2, 0.25) is 0 Å². The van der Waals surface area contributed by atoms with E-state index in [-0.39, 0.29) is 17.9 Å². The van der Waals surface area contributed by atoms with E-state index in [4.69, 9.17) is 0 Å². The van der Waals surface area contributed by atoms with Crippen molar-refractivity contribution in [2.75, 3.05) is 33.0 Å². The van der Waals surface area contributed by atoms with Crippen LogP contribution in [-0.4, -0.2) is 59.5 Å². The van der Waals surface area contributed by atoms with Crippen molar-refractivity contribution in [1.29, 1.82) is 0 Å². The van der Waals surface area contributed by atoms with Crippen LogP contribution in [0.3, 0.4) is 0 Å². The molecule has 1 N–H and O–H groups in total. The number of thioether (sulfide) groups is 1. The van der Waals surface area contributed by atoms with E-state index in [0.29, 0.717) is 22.6 Å². The second kappa shape index (κ2) is 10.1. The van der Waals surface area contributed by atoms with Crippen LogP contribution in [0.15, 0.2) is 34.2 Å². The highest BCUT2D eigenvalue weighted by atomic mass is 32.2. The summed E-state index contributed by atoms with van der Waals surface area (Å²) in [5.74, 6) is -0.544. The number of para-hydroxylation sites is 1. The molecular weight excluding hydrogens is 368 g/mol. The molecule has 0 spiro atoms. The summed E-state index contributed by atoms with van der Waals surface area (Å²) in [5, 5.41) is 3.14. The predicted molar refractivity (Wildman–Crippen MR) is 105 cm³/mol. The fourth-order valence-corrected chi connectivity index (χ4v) is 3.27. The Morgan fingerprint density at radius 1 is 1.30 bits per heavy atom. The molecule has 8 nitrogen and oxygen atoms in total. The summed E-state index contributed by atoms with van der Waals surface area (Å²) in [7, 11) is 3.94. The lowest BCUT2D eigenvalue weighted by Gasteiger charge is -2.14. The summed E-state index contributed by atoms with van der Waals surface area (Å²) in [6.07, 6.45) is -0.00636. The third-order valence-electron chi connectivity index (χ3n) is 3.66. The van der Waals surface area contributed by atoms with E-state index in [1.54, 1.807) is 29.7 Å². The van der Waals surface area contributed by atoms with Gasteiger partial charge in [0.1, 0.15) is 0 Å². The summed E-state index contributed by atoms with van der Waals surface area (Å²) >= 11 is 1.12. The molecule has 27 heavy (non-hydrogen) atoms. The van der Waals surface area contributed by atoms with E-state index in [1.807, 2.05) is 25.1 Å². The first-order chi connectivity index (χ1) is 12.9. The number of carbonyl (C=O) groups is 2. The number of amides is 2. The topological polar surface area (TPSA) is 93.5 Å². The molecule has 0 bridgehead atoms. The van der Waals surface area contributed by atoms with Gasteiger partial charge in [0.2, 0.25) is 5.91 Å². The Balaban J connectivity index is 2.20. The molecular formula is C18H24N4O4S. The van der Waals surface area contributed by atoms with Gasteiger partial charge in [0.05, 0.1) is 23.3 Å². The first kappa shape index (κ1) is 20.9. The van der Waals surface area contributed by atoms with Crippen molar-refractivity contribution in [3.63, 3.8) is 0 Å². The average molecular weight is 392 g/mol. The Morgan fingerprint density at radius 3 is 2.74 bits per heavy atom. The normalized spacial score (nSPS) is 11.0. The maximum atomic E-state index is 12.9. The highest BCUT2D eigenvalue weighted by Gasteiger charge is 2.14. The lowest BCUT2D eigenvalue weighted by atomic mass is 10.2. The Labute approximate surface area is 161 Å². The van der Waals surface area contributed by atoms with E-state index < -0.39 is 12.0 Å². The Kier molecular flexibility index (Phi) is 7.81. The third-order valence-corrected chi connectivity index (χ3v) is 4.64. The summed E-state index contributed by atoms with van der Waals surface area (Å²) in [4.78, 5) is 42.7. The van der Waals surface area contributed by atoms with Crippen molar-refractivity contribution in [1.82, 2.24) is 19.8 Å². The molecule has 9 heteroatoms. The minimum absolute atomic E-state index is 0.0444. The monoisotopic (exact) mass is 392 g/mol. The largest absolute Gasteiger partial charge is 0.450 e. The summed E-state index contributed by atoms with van der Waals surface area (Å²) in [6.45, 7) is 3.16. The molecule has 0 unspecified atom stereocenters. The van der Waals surface area contributed by atoms with E-state index in [9.17, 15) is 14.4 Å². The molecule has 1 aromatic heterocycles. The highest BCUT2D eigenvalue weighted by molar-refractivity contribution is 7.99. The molecule has 2 aromatic rings. The van der Waals surface area contributed by atoms with Crippen LogP contribution in [0.5, 0.6) is 0 Å². The first-order valence-electron chi connectivity index (χ1n) is 8.66. The number of hydrogen-bond donors (Lipinski definition) is 1. The smallest absolute Gasteiger partial charge is 0.413 e. The van der Waals surface area contributed by atoms with Gasteiger partial charge in [0.15, 0.2) is 5.16 Å². The Bertz CT molecular complexity index is 866. The number of imide groups is 1. The summed E-state index contributed by atoms with van der Waals surface area (Å²) in [6, 6.07) is 7.13. The predicted octanol–water partition coefficient (Wildman–Crippen LogP) is 1.71. The van der Waals surface area contributed by atoms with Gasteiger partial charge in [-0.15, -0.1) is 0 Å². The number of alkyl carbamates (subject to hydrolysis) is 1. The minimum atomic E-state index is -0.780. The van der Waals surface area contributed by atoms with Crippen molar-refractivity contribution in [3.8, 4) is 0 Å². The number of fused-ring (bicyclic) bond motifs is 1. The van der Waals surface area contributed by atoms with Crippen LogP contribution in [0.1, 0.15) is 13.3 Å². The lowest BCUT2D eigenvalue weighted by Crippen LogP contribution is -2.32. The molecule has 0 aliphatic rings. The molecule has 0 saturated carbocycles. The number of ether oxygens (including phenoxy) is 1.